The smallest absolute Gasteiger partial charge is 0.325 e. The highest BCUT2D eigenvalue weighted by atomic mass is 32.2. The molecule has 2 aliphatic rings. The molecule has 2 aromatic carbocycles. The number of urea groups is 1. The number of carbonyl (C=O) groups is 3. The summed E-state index contributed by atoms with van der Waals surface area (Å²) in [4.78, 5) is 39.0. The Bertz CT molecular complexity index is 1150. The van der Waals surface area contributed by atoms with Crippen LogP contribution in [-0.2, 0) is 31.6 Å². The van der Waals surface area contributed by atoms with Crippen LogP contribution in [0.25, 0.3) is 0 Å². The van der Waals surface area contributed by atoms with E-state index < -0.39 is 40.0 Å². The molecule has 1 atom stereocenters. The van der Waals surface area contributed by atoms with Crippen LogP contribution >= 0.6 is 0 Å². The third-order valence-electron chi connectivity index (χ3n) is 5.42. The predicted octanol–water partition coefficient (Wildman–Crippen LogP) is 1.06. The minimum Gasteiger partial charge on any atom is -0.325 e. The van der Waals surface area contributed by atoms with E-state index in [-0.39, 0.29) is 4.90 Å². The molecule has 1 heterocycles. The number of fused-ring (bicyclic) bond motifs is 2. The maximum absolute atomic E-state index is 13.2. The van der Waals surface area contributed by atoms with Gasteiger partial charge in [0.2, 0.25) is 15.9 Å². The highest BCUT2D eigenvalue weighted by molar-refractivity contribution is 7.89. The molecule has 1 fully saturated rings. The summed E-state index contributed by atoms with van der Waals surface area (Å²) >= 11 is 0. The van der Waals surface area contributed by atoms with Crippen molar-refractivity contribution in [3.63, 3.8) is 0 Å². The molecule has 30 heavy (non-hydrogen) atoms. The number of carbonyl (C=O) groups excluding carboxylic acids is 3. The molecule has 10 heteroatoms. The van der Waals surface area contributed by atoms with Gasteiger partial charge in [0.05, 0.1) is 4.90 Å². The van der Waals surface area contributed by atoms with E-state index in [1.54, 1.807) is 0 Å². The first kappa shape index (κ1) is 20.0. The summed E-state index contributed by atoms with van der Waals surface area (Å²) in [5.74, 6) is -1.03. The van der Waals surface area contributed by atoms with E-state index in [1.165, 1.54) is 24.3 Å². The van der Waals surface area contributed by atoms with Crippen molar-refractivity contribution in [2.45, 2.75) is 29.7 Å². The number of nitrogens with one attached hydrogen (secondary N) is 2. The van der Waals surface area contributed by atoms with Crippen LogP contribution in [0, 0.1) is 0 Å². The molecule has 0 saturated carbocycles. The molecule has 4 rings (SSSR count). The first-order chi connectivity index (χ1) is 14.2. The Balaban J connectivity index is 1.50. The number of hydrogen-bond acceptors (Lipinski definition) is 5. The third kappa shape index (κ3) is 3.44. The van der Waals surface area contributed by atoms with Gasteiger partial charge >= 0.3 is 6.03 Å². The van der Waals surface area contributed by atoms with Crippen molar-refractivity contribution >= 4 is 33.6 Å². The second kappa shape index (κ2) is 7.22. The van der Waals surface area contributed by atoms with Gasteiger partial charge in [-0.25, -0.2) is 18.4 Å². The standard InChI is InChI=1S/C20H20N4O5S/c21-30(28,29)15-9-7-14(8-10-15)22-17(25)12-24-18(26)20(23-19(24)27)11-3-5-13-4-1-2-6-16(13)20/h1-2,4,6-10H,3,5,11-12H2,(H,22,25)(H,23,27)(H2,21,28,29)/t20-/m0/s1. The third-order valence-corrected chi connectivity index (χ3v) is 6.35. The van der Waals surface area contributed by atoms with Crippen LogP contribution in [0.4, 0.5) is 10.5 Å². The molecule has 1 saturated heterocycles. The number of anilines is 1. The predicted molar refractivity (Wildman–Crippen MR) is 108 cm³/mol. The van der Waals surface area contributed by atoms with Crippen LogP contribution in [0.5, 0.6) is 0 Å². The number of rotatable bonds is 4. The van der Waals surface area contributed by atoms with Gasteiger partial charge in [-0.1, -0.05) is 24.3 Å². The van der Waals surface area contributed by atoms with Gasteiger partial charge in [0, 0.05) is 5.69 Å². The van der Waals surface area contributed by atoms with Gasteiger partial charge in [-0.3, -0.25) is 14.5 Å². The molecule has 0 unspecified atom stereocenters. The minimum atomic E-state index is -3.84. The van der Waals surface area contributed by atoms with E-state index in [0.717, 1.165) is 28.9 Å². The van der Waals surface area contributed by atoms with Crippen molar-refractivity contribution < 1.29 is 22.8 Å². The summed E-state index contributed by atoms with van der Waals surface area (Å²) in [5, 5.41) is 10.4. The van der Waals surface area contributed by atoms with Crippen molar-refractivity contribution in [2.75, 3.05) is 11.9 Å². The average Bonchev–Trinajstić information content (AvgIpc) is 2.93. The number of sulfonamides is 1. The number of hydrogen-bond donors (Lipinski definition) is 3. The van der Waals surface area contributed by atoms with Gasteiger partial charge in [0.15, 0.2) is 0 Å². The van der Waals surface area contributed by atoms with Crippen molar-refractivity contribution in [3.05, 3.63) is 59.7 Å². The molecular weight excluding hydrogens is 408 g/mol. The maximum atomic E-state index is 13.2. The van der Waals surface area contributed by atoms with E-state index >= 15 is 0 Å². The second-order valence-corrected chi connectivity index (χ2v) is 8.92. The normalized spacial score (nSPS) is 20.8. The summed E-state index contributed by atoms with van der Waals surface area (Å²) in [6.07, 6.45) is 2.05. The fourth-order valence-corrected chi connectivity index (χ4v) is 4.54. The Hall–Kier alpha value is -3.24. The lowest BCUT2D eigenvalue weighted by Crippen LogP contribution is -2.47. The number of benzene rings is 2. The van der Waals surface area contributed by atoms with Crippen molar-refractivity contribution in [2.24, 2.45) is 5.14 Å². The largest absolute Gasteiger partial charge is 0.325 e. The number of nitrogens with two attached hydrogens (primary N) is 1. The number of primary sulfonamides is 1. The molecule has 0 radical (unpaired) electrons. The van der Waals surface area contributed by atoms with Crippen LogP contribution in [-0.4, -0.2) is 37.7 Å². The molecule has 9 nitrogen and oxygen atoms in total. The Morgan fingerprint density at radius 1 is 1.13 bits per heavy atom. The van der Waals surface area contributed by atoms with Crippen LogP contribution in [0.1, 0.15) is 24.0 Å². The Kier molecular flexibility index (Phi) is 4.83. The summed E-state index contributed by atoms with van der Waals surface area (Å²) in [6.45, 7) is -0.453. The zero-order chi connectivity index (χ0) is 21.5. The first-order valence-electron chi connectivity index (χ1n) is 9.36. The highest BCUT2D eigenvalue weighted by Crippen LogP contribution is 2.39. The zero-order valence-corrected chi connectivity index (χ0v) is 16.7. The summed E-state index contributed by atoms with van der Waals surface area (Å²) in [5.41, 5.74) is 0.968. The summed E-state index contributed by atoms with van der Waals surface area (Å²) < 4.78 is 22.6. The van der Waals surface area contributed by atoms with Gasteiger partial charge in [-0.15, -0.1) is 0 Å². The van der Waals surface area contributed by atoms with Crippen LogP contribution < -0.4 is 15.8 Å². The summed E-state index contributed by atoms with van der Waals surface area (Å²) in [6, 6.07) is 12.2. The number of aryl methyl sites for hydroxylation is 1. The van der Waals surface area contributed by atoms with Gasteiger partial charge in [-0.05, 0) is 54.7 Å². The number of amides is 4. The minimum absolute atomic E-state index is 0.0903. The zero-order valence-electron chi connectivity index (χ0n) is 15.9. The molecule has 4 amide bonds. The van der Waals surface area contributed by atoms with Gasteiger partial charge in [0.1, 0.15) is 12.1 Å². The fourth-order valence-electron chi connectivity index (χ4n) is 4.03. The van der Waals surface area contributed by atoms with E-state index in [1.807, 2.05) is 24.3 Å². The quantitative estimate of drug-likeness (QED) is 0.625. The SMILES string of the molecule is NS(=O)(=O)c1ccc(NC(=O)CN2C(=O)N[C@]3(CCCc4ccccc43)C2=O)cc1. The van der Waals surface area contributed by atoms with Crippen LogP contribution in [0.15, 0.2) is 53.4 Å². The highest BCUT2D eigenvalue weighted by Gasteiger charge is 2.54. The van der Waals surface area contributed by atoms with Gasteiger partial charge < -0.3 is 10.6 Å². The molecule has 1 aliphatic heterocycles. The fraction of sp³-hybridized carbons (Fsp3) is 0.250. The van der Waals surface area contributed by atoms with E-state index in [2.05, 4.69) is 10.6 Å². The molecule has 156 valence electrons. The van der Waals surface area contributed by atoms with Crippen LogP contribution in [0.2, 0.25) is 0 Å². The van der Waals surface area contributed by atoms with Gasteiger partial charge in [-0.2, -0.15) is 0 Å². The first-order valence-corrected chi connectivity index (χ1v) is 10.9. The monoisotopic (exact) mass is 428 g/mol. The van der Waals surface area contributed by atoms with E-state index in [4.69, 9.17) is 5.14 Å². The molecule has 4 N–H and O–H groups in total. The van der Waals surface area contributed by atoms with Crippen molar-refractivity contribution in [3.8, 4) is 0 Å². The van der Waals surface area contributed by atoms with Gasteiger partial charge in [0.25, 0.3) is 5.91 Å². The topological polar surface area (TPSA) is 139 Å². The van der Waals surface area contributed by atoms with Crippen molar-refractivity contribution in [1.29, 1.82) is 0 Å². The second-order valence-electron chi connectivity index (χ2n) is 7.36. The lowest BCUT2D eigenvalue weighted by molar-refractivity contribution is -0.134. The molecular formula is C20H20N4O5S. The molecule has 1 spiro atoms. The Morgan fingerprint density at radius 3 is 2.53 bits per heavy atom. The molecule has 0 bridgehead atoms. The maximum Gasteiger partial charge on any atom is 0.325 e. The van der Waals surface area contributed by atoms with Crippen molar-refractivity contribution in [1.82, 2.24) is 10.2 Å². The number of nitrogens with zero attached hydrogens (tertiary/aromatic N) is 1. The average molecular weight is 428 g/mol. The van der Waals surface area contributed by atoms with Crippen LogP contribution in [0.3, 0.4) is 0 Å². The number of imide groups is 1. The molecule has 1 aliphatic carbocycles. The Labute approximate surface area is 173 Å². The Morgan fingerprint density at radius 2 is 1.83 bits per heavy atom. The lowest BCUT2D eigenvalue weighted by Gasteiger charge is -2.33. The summed E-state index contributed by atoms with van der Waals surface area (Å²) in [7, 11) is -3.84. The van der Waals surface area contributed by atoms with E-state index in [9.17, 15) is 22.8 Å². The molecule has 2 aromatic rings. The lowest BCUT2D eigenvalue weighted by atomic mass is 9.76. The van der Waals surface area contributed by atoms with E-state index in [0.29, 0.717) is 12.1 Å². The molecule has 0 aromatic heterocycles.